The molecule has 0 unspecified atom stereocenters. The van der Waals surface area contributed by atoms with Crippen LogP contribution < -0.4 is 4.74 Å². The molecule has 1 aromatic heterocycles. The standard InChI is InChI=1S/C17H19NO2S/c1-18(13-16-8-12-21-14-16)9-11-20-17-6-4-15(5-7-17)3-2-10-19/h4-8,12,14,19H,9-11,13H2,1H3. The lowest BCUT2D eigenvalue weighted by molar-refractivity contribution is 0.233. The summed E-state index contributed by atoms with van der Waals surface area (Å²) in [5, 5.41) is 12.9. The number of aliphatic hydroxyl groups excluding tert-OH is 1. The molecule has 1 N–H and O–H groups in total. The molecule has 0 atom stereocenters. The normalized spacial score (nSPS) is 10.2. The first-order chi connectivity index (χ1) is 10.3. The first-order valence-corrected chi connectivity index (χ1v) is 7.74. The minimum Gasteiger partial charge on any atom is -0.492 e. The van der Waals surface area contributed by atoms with Gasteiger partial charge in [0.25, 0.3) is 0 Å². The summed E-state index contributed by atoms with van der Waals surface area (Å²) in [5.74, 6) is 6.32. The summed E-state index contributed by atoms with van der Waals surface area (Å²) >= 11 is 1.72. The van der Waals surface area contributed by atoms with Crippen LogP contribution in [0.4, 0.5) is 0 Å². The number of ether oxygens (including phenoxy) is 1. The average molecular weight is 301 g/mol. The number of rotatable bonds is 6. The molecule has 0 amide bonds. The molecule has 0 aliphatic carbocycles. The number of hydrogen-bond acceptors (Lipinski definition) is 4. The number of nitrogens with zero attached hydrogens (tertiary/aromatic N) is 1. The molecule has 3 nitrogen and oxygen atoms in total. The Morgan fingerprint density at radius 2 is 2.05 bits per heavy atom. The Hall–Kier alpha value is -1.80. The summed E-state index contributed by atoms with van der Waals surface area (Å²) in [6.07, 6.45) is 0. The Morgan fingerprint density at radius 1 is 1.24 bits per heavy atom. The van der Waals surface area contributed by atoms with Crippen LogP contribution in [0.15, 0.2) is 41.1 Å². The third kappa shape index (κ3) is 5.60. The molecule has 0 radical (unpaired) electrons. The lowest BCUT2D eigenvalue weighted by Gasteiger charge is -2.16. The highest BCUT2D eigenvalue weighted by atomic mass is 32.1. The molecule has 2 rings (SSSR count). The van der Waals surface area contributed by atoms with Crippen molar-refractivity contribution >= 4 is 11.3 Å². The van der Waals surface area contributed by atoms with Crippen LogP contribution in [0.25, 0.3) is 0 Å². The van der Waals surface area contributed by atoms with Crippen LogP contribution in [-0.4, -0.2) is 36.8 Å². The van der Waals surface area contributed by atoms with Gasteiger partial charge in [-0.2, -0.15) is 11.3 Å². The Bertz CT molecular complexity index is 581. The minimum atomic E-state index is -0.116. The molecule has 1 aromatic carbocycles. The van der Waals surface area contributed by atoms with Gasteiger partial charge in [-0.25, -0.2) is 0 Å². The first kappa shape index (κ1) is 15.6. The van der Waals surface area contributed by atoms with Crippen molar-refractivity contribution < 1.29 is 9.84 Å². The zero-order valence-corrected chi connectivity index (χ0v) is 12.9. The van der Waals surface area contributed by atoms with Crippen LogP contribution in [0.3, 0.4) is 0 Å². The molecule has 2 aromatic rings. The van der Waals surface area contributed by atoms with Crippen LogP contribution in [0.1, 0.15) is 11.1 Å². The van der Waals surface area contributed by atoms with Gasteiger partial charge in [0.15, 0.2) is 0 Å². The lowest BCUT2D eigenvalue weighted by Crippen LogP contribution is -2.23. The van der Waals surface area contributed by atoms with Crippen LogP contribution in [0, 0.1) is 11.8 Å². The topological polar surface area (TPSA) is 32.7 Å². The van der Waals surface area contributed by atoms with Gasteiger partial charge in [-0.15, -0.1) is 0 Å². The third-order valence-corrected chi connectivity index (χ3v) is 3.67. The van der Waals surface area contributed by atoms with Crippen molar-refractivity contribution in [2.75, 3.05) is 26.8 Å². The predicted molar refractivity (Wildman–Crippen MR) is 86.6 cm³/mol. The molecule has 0 saturated heterocycles. The van der Waals surface area contributed by atoms with Crippen molar-refractivity contribution in [3.05, 3.63) is 52.2 Å². The largest absolute Gasteiger partial charge is 0.492 e. The quantitative estimate of drug-likeness (QED) is 0.833. The molecular formula is C17H19NO2S. The summed E-state index contributed by atoms with van der Waals surface area (Å²) < 4.78 is 5.72. The molecule has 21 heavy (non-hydrogen) atoms. The van der Waals surface area contributed by atoms with E-state index in [2.05, 4.69) is 40.6 Å². The fourth-order valence-corrected chi connectivity index (χ4v) is 2.53. The molecule has 1 heterocycles. The summed E-state index contributed by atoms with van der Waals surface area (Å²) in [6, 6.07) is 9.74. The second-order valence-electron chi connectivity index (χ2n) is 4.70. The maximum atomic E-state index is 8.64. The third-order valence-electron chi connectivity index (χ3n) is 2.94. The van der Waals surface area contributed by atoms with Crippen LogP contribution in [0.2, 0.25) is 0 Å². The maximum Gasteiger partial charge on any atom is 0.119 e. The van der Waals surface area contributed by atoms with Crippen LogP contribution >= 0.6 is 11.3 Å². The molecule has 110 valence electrons. The lowest BCUT2D eigenvalue weighted by atomic mass is 10.2. The van der Waals surface area contributed by atoms with Crippen molar-refractivity contribution in [1.29, 1.82) is 0 Å². The van der Waals surface area contributed by atoms with Gasteiger partial charge in [0.1, 0.15) is 19.0 Å². The van der Waals surface area contributed by atoms with E-state index in [1.54, 1.807) is 11.3 Å². The SMILES string of the molecule is CN(CCOc1ccc(C#CCO)cc1)Cc1ccsc1. The van der Waals surface area contributed by atoms with Crippen LogP contribution in [0.5, 0.6) is 5.75 Å². The molecule has 0 aliphatic rings. The fourth-order valence-electron chi connectivity index (χ4n) is 1.87. The number of hydrogen-bond donors (Lipinski definition) is 1. The zero-order valence-electron chi connectivity index (χ0n) is 12.1. The summed E-state index contributed by atoms with van der Waals surface area (Å²) in [6.45, 7) is 2.36. The van der Waals surface area contributed by atoms with E-state index in [0.717, 1.165) is 24.4 Å². The Labute approximate surface area is 129 Å². The van der Waals surface area contributed by atoms with Crippen molar-refractivity contribution in [2.24, 2.45) is 0 Å². The average Bonchev–Trinajstić information content (AvgIpc) is 2.99. The molecule has 0 bridgehead atoms. The molecule has 0 spiro atoms. The molecule has 0 aliphatic heterocycles. The van der Waals surface area contributed by atoms with Crippen molar-refractivity contribution in [1.82, 2.24) is 4.90 Å². The van der Waals surface area contributed by atoms with E-state index in [1.807, 2.05) is 24.3 Å². The molecule has 0 saturated carbocycles. The smallest absolute Gasteiger partial charge is 0.119 e. The molecular weight excluding hydrogens is 282 g/mol. The fraction of sp³-hybridized carbons (Fsp3) is 0.294. The predicted octanol–water partition coefficient (Wildman–Crippen LogP) is 2.60. The Kier molecular flexibility index (Phi) is 6.29. The number of aliphatic hydroxyl groups is 1. The number of likely N-dealkylation sites (N-methyl/N-ethyl adjacent to an activating group) is 1. The highest BCUT2D eigenvalue weighted by Gasteiger charge is 2.01. The van der Waals surface area contributed by atoms with Gasteiger partial charge in [0.2, 0.25) is 0 Å². The van der Waals surface area contributed by atoms with Crippen molar-refractivity contribution in [3.63, 3.8) is 0 Å². The van der Waals surface area contributed by atoms with E-state index in [4.69, 9.17) is 9.84 Å². The van der Waals surface area contributed by atoms with Gasteiger partial charge in [0.05, 0.1) is 0 Å². The van der Waals surface area contributed by atoms with Gasteiger partial charge in [0, 0.05) is 18.7 Å². The van der Waals surface area contributed by atoms with Gasteiger partial charge < -0.3 is 9.84 Å². The Balaban J connectivity index is 1.73. The van der Waals surface area contributed by atoms with E-state index in [-0.39, 0.29) is 6.61 Å². The zero-order chi connectivity index (χ0) is 14.9. The second-order valence-corrected chi connectivity index (χ2v) is 5.48. The van der Waals surface area contributed by atoms with E-state index >= 15 is 0 Å². The number of thiophene rings is 1. The first-order valence-electron chi connectivity index (χ1n) is 6.80. The summed E-state index contributed by atoms with van der Waals surface area (Å²) in [4.78, 5) is 2.24. The monoisotopic (exact) mass is 301 g/mol. The van der Waals surface area contributed by atoms with Crippen molar-refractivity contribution in [2.45, 2.75) is 6.54 Å². The molecule has 4 heteroatoms. The highest BCUT2D eigenvalue weighted by molar-refractivity contribution is 7.07. The van der Waals surface area contributed by atoms with E-state index in [9.17, 15) is 0 Å². The maximum absolute atomic E-state index is 8.64. The van der Waals surface area contributed by atoms with Gasteiger partial charge >= 0.3 is 0 Å². The van der Waals surface area contributed by atoms with E-state index in [0.29, 0.717) is 6.61 Å². The van der Waals surface area contributed by atoms with Crippen LogP contribution in [-0.2, 0) is 6.54 Å². The van der Waals surface area contributed by atoms with E-state index < -0.39 is 0 Å². The van der Waals surface area contributed by atoms with Gasteiger partial charge in [-0.05, 0) is 53.7 Å². The Morgan fingerprint density at radius 3 is 2.71 bits per heavy atom. The molecule has 0 fully saturated rings. The second kappa shape index (κ2) is 8.48. The van der Waals surface area contributed by atoms with Gasteiger partial charge in [-0.1, -0.05) is 11.8 Å². The highest BCUT2D eigenvalue weighted by Crippen LogP contribution is 2.12. The minimum absolute atomic E-state index is 0.116. The number of benzene rings is 1. The van der Waals surface area contributed by atoms with Gasteiger partial charge in [-0.3, -0.25) is 4.90 Å². The summed E-state index contributed by atoms with van der Waals surface area (Å²) in [5.41, 5.74) is 2.22. The van der Waals surface area contributed by atoms with Crippen molar-refractivity contribution in [3.8, 4) is 17.6 Å². The summed E-state index contributed by atoms with van der Waals surface area (Å²) in [7, 11) is 2.09. The van der Waals surface area contributed by atoms with E-state index in [1.165, 1.54) is 5.56 Å².